The number of carboxylic acids is 1. The Hall–Kier alpha value is -7.99. The van der Waals surface area contributed by atoms with Gasteiger partial charge in [-0.25, -0.2) is 33.5 Å². The molecule has 6 aromatic heterocycles. The van der Waals surface area contributed by atoms with Crippen LogP contribution < -0.4 is 16.4 Å². The predicted octanol–water partition coefficient (Wildman–Crippen LogP) is 9.29. The highest BCUT2D eigenvalue weighted by Gasteiger charge is 2.29. The summed E-state index contributed by atoms with van der Waals surface area (Å²) in [6.45, 7) is 11.4. The molecule has 0 unspecified atom stereocenters. The monoisotopic (exact) mass is 1060 g/mol. The third kappa shape index (κ3) is 13.8. The lowest BCUT2D eigenvalue weighted by Gasteiger charge is -2.18. The largest absolute Gasteiger partial charge is 0.475 e. The number of nitrogens with zero attached hydrogens (tertiary/aromatic N) is 14. The maximum absolute atomic E-state index is 15.5. The number of halogens is 3. The van der Waals surface area contributed by atoms with Crippen LogP contribution in [0.1, 0.15) is 154 Å². The molecule has 10 rings (SSSR count). The first-order valence-corrected chi connectivity index (χ1v) is 24.5. The Kier molecular flexibility index (Phi) is 17.4. The molecule has 8 aromatic rings. The van der Waals surface area contributed by atoms with E-state index in [9.17, 15) is 14.0 Å². The SMILES string of the molecule is CC(C)(C)c1nc(C(=O)O)no1.Cl.Cn1ccc(Nc2ncnc(-c3cc4c(cc3F)[C@H](CC(=O)c3noc(C(C)(C)C)n3)CCCC4)n2)n1.Cn1ccc(Nc2ncnc(-c3cc4c(cc3F)[C@H](N)CCCC4)n2)n1. The number of aromatic nitrogens is 14. The maximum Gasteiger partial charge on any atom is 0.377 e. The third-order valence-corrected chi connectivity index (χ3v) is 12.3. The van der Waals surface area contributed by atoms with Crippen LogP contribution in [0.3, 0.4) is 0 Å². The molecule has 0 spiro atoms. The van der Waals surface area contributed by atoms with Crippen molar-refractivity contribution < 1.29 is 32.5 Å². The summed E-state index contributed by atoms with van der Waals surface area (Å²) in [4.78, 5) is 56.7. The number of aryl methyl sites for hydroxylation is 4. The van der Waals surface area contributed by atoms with Gasteiger partial charge in [0.15, 0.2) is 23.3 Å². The van der Waals surface area contributed by atoms with Crippen molar-refractivity contribution in [1.82, 2.24) is 69.7 Å². The number of hydrogen-bond donors (Lipinski definition) is 4. The van der Waals surface area contributed by atoms with Gasteiger partial charge in [-0.05, 0) is 96.1 Å². The molecule has 0 aliphatic heterocycles. The molecule has 6 heterocycles. The van der Waals surface area contributed by atoms with Crippen LogP contribution in [-0.2, 0) is 37.8 Å². The van der Waals surface area contributed by atoms with Gasteiger partial charge in [-0.1, -0.05) is 59.5 Å². The summed E-state index contributed by atoms with van der Waals surface area (Å²) in [6.07, 6.45) is 13.8. The summed E-state index contributed by atoms with van der Waals surface area (Å²) in [6, 6.07) is 10.2. The number of carboxylic acid groups (broad SMARTS) is 1. The van der Waals surface area contributed by atoms with Crippen molar-refractivity contribution in [2.45, 2.75) is 122 Å². The van der Waals surface area contributed by atoms with Gasteiger partial charge in [0.05, 0.1) is 11.1 Å². The van der Waals surface area contributed by atoms with Gasteiger partial charge in [-0.15, -0.1) is 12.4 Å². The molecule has 2 atom stereocenters. The van der Waals surface area contributed by atoms with Crippen molar-refractivity contribution in [2.75, 3.05) is 10.6 Å². The van der Waals surface area contributed by atoms with Gasteiger partial charge in [0.2, 0.25) is 35.3 Å². The molecule has 0 saturated carbocycles. The zero-order chi connectivity index (χ0) is 53.6. The smallest absolute Gasteiger partial charge is 0.377 e. The fraction of sp³-hybridized carbons (Fsp3) is 0.412. The molecule has 25 heteroatoms. The number of carbonyl (C=O) groups excluding carboxylic acids is 1. The Balaban J connectivity index is 0.000000186. The first kappa shape index (κ1) is 55.8. The van der Waals surface area contributed by atoms with E-state index in [1.165, 1.54) is 24.8 Å². The van der Waals surface area contributed by atoms with Crippen LogP contribution >= 0.6 is 12.4 Å². The van der Waals surface area contributed by atoms with E-state index in [1.807, 2.05) is 54.7 Å². The normalized spacial score (nSPS) is 15.2. The van der Waals surface area contributed by atoms with Crippen LogP contribution in [0.5, 0.6) is 0 Å². The Morgan fingerprint density at radius 1 is 0.684 bits per heavy atom. The molecule has 5 N–H and O–H groups in total. The Morgan fingerprint density at radius 3 is 1.62 bits per heavy atom. The van der Waals surface area contributed by atoms with Gasteiger partial charge in [0.1, 0.15) is 24.3 Å². The average molecular weight is 1060 g/mol. The zero-order valence-electron chi connectivity index (χ0n) is 43.4. The highest BCUT2D eigenvalue weighted by atomic mass is 35.5. The molecule has 2 aromatic carbocycles. The third-order valence-electron chi connectivity index (χ3n) is 12.3. The standard InChI is InChI=1S/C26H29FN8O2.C18H20FN7.C7H10N2O3.ClH/c1-26(2,3)24-31-23(34-37-24)20(36)12-16-8-6-5-7-15-11-18(19(27)13-17(15)16)22-28-14-29-25(32-22)30-21-9-10-35(4)33-21;1-26-7-6-16(25-26)23-18-22-10-21-17(24-18)13-8-11-4-2-3-5-15(20)12(11)9-14(13)19;1-7(2,3)6-8-4(5(10)11)9-12-6;/h9-11,13-14,16H,5-8,12H2,1-4H3,(H,28,29,30,32,33);6-10,15H,2-5,20H2,1H3,(H,21,22,23,24,25);1-3H3,(H,10,11);1H/t16-;15-;;/m01../s1. The number of Topliss-reactive ketones (excluding diaryl/α,β-unsaturated/α-hetero) is 1. The van der Waals surface area contributed by atoms with Gasteiger partial charge in [-0.2, -0.15) is 30.1 Å². The maximum atomic E-state index is 15.5. The molecule has 0 saturated heterocycles. The second-order valence-corrected chi connectivity index (χ2v) is 20.4. The summed E-state index contributed by atoms with van der Waals surface area (Å²) in [5.41, 5.74) is 10.0. The highest BCUT2D eigenvalue weighted by Crippen LogP contribution is 2.38. The van der Waals surface area contributed by atoms with Gasteiger partial charge in [0.25, 0.3) is 5.82 Å². The van der Waals surface area contributed by atoms with Crippen LogP contribution in [0, 0.1) is 11.6 Å². The number of benzene rings is 2. The molecular formula is C51H60ClF2N17O5. The fourth-order valence-electron chi connectivity index (χ4n) is 8.41. The van der Waals surface area contributed by atoms with Crippen LogP contribution in [0.15, 0.2) is 70.5 Å². The van der Waals surface area contributed by atoms with Crippen molar-refractivity contribution in [3.63, 3.8) is 0 Å². The molecule has 0 amide bonds. The molecule has 400 valence electrons. The number of nitrogens with one attached hydrogen (secondary N) is 2. The van der Waals surface area contributed by atoms with E-state index in [0.717, 1.165) is 73.6 Å². The molecule has 2 aliphatic rings. The number of rotatable bonds is 10. The summed E-state index contributed by atoms with van der Waals surface area (Å²) >= 11 is 0. The van der Waals surface area contributed by atoms with E-state index in [2.05, 4.69) is 71.0 Å². The van der Waals surface area contributed by atoms with Crippen molar-refractivity contribution in [3.05, 3.63) is 119 Å². The zero-order valence-corrected chi connectivity index (χ0v) is 44.2. The minimum atomic E-state index is -1.17. The second-order valence-electron chi connectivity index (χ2n) is 20.4. The van der Waals surface area contributed by atoms with Crippen LogP contribution in [0.25, 0.3) is 22.8 Å². The van der Waals surface area contributed by atoms with Crippen LogP contribution in [-0.4, -0.2) is 86.6 Å². The van der Waals surface area contributed by atoms with E-state index >= 15 is 4.39 Å². The number of aromatic carboxylic acids is 1. The Morgan fingerprint density at radius 2 is 1.16 bits per heavy atom. The molecule has 2 aliphatic carbocycles. The van der Waals surface area contributed by atoms with Crippen molar-refractivity contribution >= 4 is 47.7 Å². The van der Waals surface area contributed by atoms with Gasteiger partial charge < -0.3 is 30.5 Å². The number of nitrogens with two attached hydrogens (primary N) is 1. The molecule has 22 nitrogen and oxygen atoms in total. The van der Waals surface area contributed by atoms with E-state index in [4.69, 9.17) is 19.9 Å². The van der Waals surface area contributed by atoms with E-state index in [0.29, 0.717) is 40.5 Å². The minimum Gasteiger partial charge on any atom is -0.475 e. The summed E-state index contributed by atoms with van der Waals surface area (Å²) in [5, 5.41) is 30.1. The summed E-state index contributed by atoms with van der Waals surface area (Å²) < 4.78 is 43.6. The first-order chi connectivity index (χ1) is 35.7. The van der Waals surface area contributed by atoms with Crippen molar-refractivity contribution in [1.29, 1.82) is 0 Å². The molecule has 0 bridgehead atoms. The Labute approximate surface area is 442 Å². The Bertz CT molecular complexity index is 3310. The van der Waals surface area contributed by atoms with E-state index in [-0.39, 0.29) is 82.5 Å². The average Bonchev–Trinajstić information content (AvgIpc) is 4.19. The minimum absolute atomic E-state index is 0. The molecule has 0 fully saturated rings. The lowest BCUT2D eigenvalue weighted by atomic mass is 9.87. The molecule has 0 radical (unpaired) electrons. The second kappa shape index (κ2) is 23.7. The van der Waals surface area contributed by atoms with Gasteiger partial charge in [0, 0.05) is 61.9 Å². The summed E-state index contributed by atoms with van der Waals surface area (Å²) in [5.74, 6) is 0.512. The fourth-order valence-corrected chi connectivity index (χ4v) is 8.41. The number of carbonyl (C=O) groups is 2. The van der Waals surface area contributed by atoms with Crippen LogP contribution in [0.2, 0.25) is 0 Å². The van der Waals surface area contributed by atoms with Crippen LogP contribution in [0.4, 0.5) is 32.3 Å². The quantitative estimate of drug-likeness (QED) is 0.0732. The number of hydrogen-bond acceptors (Lipinski definition) is 19. The number of anilines is 4. The summed E-state index contributed by atoms with van der Waals surface area (Å²) in [7, 11) is 3.63. The van der Waals surface area contributed by atoms with Gasteiger partial charge >= 0.3 is 5.97 Å². The number of ketones is 1. The van der Waals surface area contributed by atoms with Crippen molar-refractivity contribution in [2.24, 2.45) is 19.8 Å². The lowest BCUT2D eigenvalue weighted by molar-refractivity contribution is 0.0679. The van der Waals surface area contributed by atoms with Crippen molar-refractivity contribution in [3.8, 4) is 22.8 Å². The van der Waals surface area contributed by atoms with E-state index < -0.39 is 11.8 Å². The first-order valence-electron chi connectivity index (χ1n) is 24.5. The predicted molar refractivity (Wildman–Crippen MR) is 277 cm³/mol. The number of fused-ring (bicyclic) bond motifs is 2. The van der Waals surface area contributed by atoms with Gasteiger partial charge in [-0.3, -0.25) is 14.2 Å². The van der Waals surface area contributed by atoms with E-state index in [1.54, 1.807) is 47.0 Å². The topological polar surface area (TPSA) is 295 Å². The molecular weight excluding hydrogens is 1000 g/mol. The highest BCUT2D eigenvalue weighted by molar-refractivity contribution is 5.93. The molecule has 76 heavy (non-hydrogen) atoms. The lowest BCUT2D eigenvalue weighted by Crippen LogP contribution is -2.13.